The average molecular weight is 283 g/mol. The summed E-state index contributed by atoms with van der Waals surface area (Å²) in [5, 5.41) is 0. The average Bonchev–Trinajstić information content (AvgIpc) is 2.35. The summed E-state index contributed by atoms with van der Waals surface area (Å²) in [6.07, 6.45) is 0. The van der Waals surface area contributed by atoms with Crippen LogP contribution in [0.2, 0.25) is 0 Å². The van der Waals surface area contributed by atoms with Gasteiger partial charge in [-0.05, 0) is 33.3 Å². The molecule has 1 rings (SSSR count). The van der Waals surface area contributed by atoms with Crippen molar-refractivity contribution < 1.29 is 13.7 Å². The molecule has 0 heterocycles. The third-order valence-corrected chi connectivity index (χ3v) is 4.19. The highest BCUT2D eigenvalue weighted by Crippen LogP contribution is 2.19. The summed E-state index contributed by atoms with van der Waals surface area (Å²) in [5.74, 6) is -0.443. The Kier molecular flexibility index (Phi) is 5.26. The summed E-state index contributed by atoms with van der Waals surface area (Å²) in [6.45, 7) is 7.51. The van der Waals surface area contributed by atoms with Crippen molar-refractivity contribution >= 4 is 17.0 Å². The van der Waals surface area contributed by atoms with Crippen LogP contribution in [-0.2, 0) is 20.5 Å². The topological polar surface area (TPSA) is 55.4 Å². The van der Waals surface area contributed by atoms with Gasteiger partial charge in [-0.1, -0.05) is 29.8 Å². The first-order chi connectivity index (χ1) is 8.75. The van der Waals surface area contributed by atoms with Crippen LogP contribution in [0.5, 0.6) is 0 Å². The number of carbonyl (C=O) groups is 1. The molecule has 106 valence electrons. The molecule has 0 radical (unpaired) electrons. The minimum absolute atomic E-state index is 0.443. The molecule has 19 heavy (non-hydrogen) atoms. The number of methoxy groups -OCH3 is 1. The van der Waals surface area contributed by atoms with Gasteiger partial charge in [0.2, 0.25) is 0 Å². The fraction of sp³-hybridized carbons (Fsp3) is 0.500. The lowest BCUT2D eigenvalue weighted by atomic mass is 10.1. The summed E-state index contributed by atoms with van der Waals surface area (Å²) >= 11 is 0. The Morgan fingerprint density at radius 3 is 2.21 bits per heavy atom. The molecule has 0 aliphatic heterocycles. The molecule has 5 heteroatoms. The van der Waals surface area contributed by atoms with Crippen molar-refractivity contribution in [3.05, 3.63) is 35.4 Å². The number of benzene rings is 1. The van der Waals surface area contributed by atoms with Crippen LogP contribution in [0.3, 0.4) is 0 Å². The predicted molar refractivity (Wildman–Crippen MR) is 77.0 cm³/mol. The highest BCUT2D eigenvalue weighted by Gasteiger charge is 2.28. The van der Waals surface area contributed by atoms with Crippen LogP contribution < -0.4 is 4.72 Å². The van der Waals surface area contributed by atoms with E-state index in [4.69, 9.17) is 4.74 Å². The molecule has 1 N–H and O–H groups in total. The molecule has 0 aromatic heterocycles. The van der Waals surface area contributed by atoms with Gasteiger partial charge in [0, 0.05) is 0 Å². The molecule has 1 aromatic carbocycles. The van der Waals surface area contributed by atoms with E-state index in [9.17, 15) is 9.00 Å². The van der Waals surface area contributed by atoms with E-state index in [0.29, 0.717) is 0 Å². The van der Waals surface area contributed by atoms with Crippen LogP contribution in [0.15, 0.2) is 24.3 Å². The van der Waals surface area contributed by atoms with Crippen LogP contribution in [0.4, 0.5) is 0 Å². The fourth-order valence-corrected chi connectivity index (χ4v) is 2.21. The van der Waals surface area contributed by atoms with E-state index in [0.717, 1.165) is 11.1 Å². The first-order valence-electron chi connectivity index (χ1n) is 6.08. The molecule has 0 saturated heterocycles. The van der Waals surface area contributed by atoms with Crippen molar-refractivity contribution in [2.24, 2.45) is 0 Å². The Morgan fingerprint density at radius 1 is 1.26 bits per heavy atom. The van der Waals surface area contributed by atoms with Gasteiger partial charge in [0.25, 0.3) is 0 Å². The summed E-state index contributed by atoms with van der Waals surface area (Å²) in [6, 6.07) is 6.78. The number of ether oxygens (including phenoxy) is 1. The van der Waals surface area contributed by atoms with Crippen molar-refractivity contribution in [2.45, 2.75) is 38.5 Å². The van der Waals surface area contributed by atoms with E-state index in [2.05, 4.69) is 4.72 Å². The minimum atomic E-state index is -1.35. The number of rotatable bonds is 4. The summed E-state index contributed by atoms with van der Waals surface area (Å²) in [7, 11) is -0.0216. The molecule has 0 fully saturated rings. The quantitative estimate of drug-likeness (QED) is 0.862. The molecule has 0 amide bonds. The Bertz CT molecular complexity index is 463. The van der Waals surface area contributed by atoms with Gasteiger partial charge < -0.3 is 4.74 Å². The molecular formula is C14H21NO3S. The van der Waals surface area contributed by atoms with Gasteiger partial charge in [-0.3, -0.25) is 0 Å². The number of hydrogen-bond acceptors (Lipinski definition) is 3. The monoisotopic (exact) mass is 283 g/mol. The minimum Gasteiger partial charge on any atom is -0.468 e. The van der Waals surface area contributed by atoms with Gasteiger partial charge in [0.05, 0.1) is 22.8 Å². The first kappa shape index (κ1) is 15.9. The third-order valence-electron chi connectivity index (χ3n) is 2.63. The maximum atomic E-state index is 12.1. The Labute approximate surface area is 117 Å². The van der Waals surface area contributed by atoms with Crippen LogP contribution in [0.1, 0.15) is 37.9 Å². The van der Waals surface area contributed by atoms with Gasteiger partial charge in [0.1, 0.15) is 6.04 Å². The number of esters is 1. The number of hydrogen-bond donors (Lipinski definition) is 1. The van der Waals surface area contributed by atoms with Gasteiger partial charge in [-0.2, -0.15) is 0 Å². The maximum absolute atomic E-state index is 12.1. The van der Waals surface area contributed by atoms with Gasteiger partial charge in [-0.15, -0.1) is 0 Å². The lowest BCUT2D eigenvalue weighted by Gasteiger charge is -2.23. The van der Waals surface area contributed by atoms with Crippen molar-refractivity contribution in [2.75, 3.05) is 7.11 Å². The zero-order valence-electron chi connectivity index (χ0n) is 12.0. The number of carbonyl (C=O) groups excluding carboxylic acids is 1. The highest BCUT2D eigenvalue weighted by molar-refractivity contribution is 7.84. The third kappa shape index (κ3) is 4.44. The maximum Gasteiger partial charge on any atom is 0.328 e. The Balaban J connectivity index is 2.99. The molecule has 0 saturated carbocycles. The second-order valence-electron chi connectivity index (χ2n) is 5.37. The second-order valence-corrected chi connectivity index (χ2v) is 7.36. The molecule has 1 aromatic rings. The van der Waals surface area contributed by atoms with Crippen LogP contribution >= 0.6 is 0 Å². The summed E-state index contributed by atoms with van der Waals surface area (Å²) < 4.78 is 19.3. The predicted octanol–water partition coefficient (Wildman–Crippen LogP) is 2.26. The second kappa shape index (κ2) is 6.30. The van der Waals surface area contributed by atoms with E-state index >= 15 is 0 Å². The first-order valence-corrected chi connectivity index (χ1v) is 7.23. The standard InChI is InChI=1S/C14H21NO3S/c1-10-6-8-11(9-7-10)12(13(16)18-5)15-19(17)14(2,3)4/h6-9,12,15H,1-5H3/t12-,19-/m1/s1. The fourth-order valence-electron chi connectivity index (χ4n) is 1.41. The molecule has 0 aliphatic carbocycles. The highest BCUT2D eigenvalue weighted by atomic mass is 32.2. The molecule has 0 aliphatic rings. The van der Waals surface area contributed by atoms with Crippen molar-refractivity contribution in [3.63, 3.8) is 0 Å². The number of nitrogens with one attached hydrogen (secondary N) is 1. The lowest BCUT2D eigenvalue weighted by Crippen LogP contribution is -2.39. The van der Waals surface area contributed by atoms with E-state index in [1.54, 1.807) is 0 Å². The molecule has 2 atom stereocenters. The van der Waals surface area contributed by atoms with Crippen LogP contribution in [0, 0.1) is 6.92 Å². The summed E-state index contributed by atoms with van der Waals surface area (Å²) in [5.41, 5.74) is 1.85. The molecule has 0 unspecified atom stereocenters. The van der Waals surface area contributed by atoms with Gasteiger partial charge in [0.15, 0.2) is 0 Å². The molecule has 0 spiro atoms. The number of aryl methyl sites for hydroxylation is 1. The Hall–Kier alpha value is -1.20. The zero-order valence-corrected chi connectivity index (χ0v) is 12.8. The summed E-state index contributed by atoms with van der Waals surface area (Å²) in [4.78, 5) is 11.8. The largest absolute Gasteiger partial charge is 0.468 e. The molecule has 0 bridgehead atoms. The zero-order chi connectivity index (χ0) is 14.6. The van der Waals surface area contributed by atoms with Gasteiger partial charge >= 0.3 is 5.97 Å². The van der Waals surface area contributed by atoms with E-state index < -0.39 is 27.7 Å². The lowest BCUT2D eigenvalue weighted by molar-refractivity contribution is -0.142. The van der Waals surface area contributed by atoms with Crippen molar-refractivity contribution in [3.8, 4) is 0 Å². The van der Waals surface area contributed by atoms with Crippen molar-refractivity contribution in [1.29, 1.82) is 0 Å². The van der Waals surface area contributed by atoms with E-state index in [1.165, 1.54) is 7.11 Å². The molecular weight excluding hydrogens is 262 g/mol. The van der Waals surface area contributed by atoms with E-state index in [1.807, 2.05) is 52.0 Å². The normalized spacial score (nSPS) is 14.8. The van der Waals surface area contributed by atoms with Crippen molar-refractivity contribution in [1.82, 2.24) is 4.72 Å². The SMILES string of the molecule is COC(=O)[C@H](N[S@](=O)C(C)(C)C)c1ccc(C)cc1. The molecule has 4 nitrogen and oxygen atoms in total. The van der Waals surface area contributed by atoms with E-state index in [-0.39, 0.29) is 0 Å². The van der Waals surface area contributed by atoms with Crippen LogP contribution in [0.25, 0.3) is 0 Å². The smallest absolute Gasteiger partial charge is 0.328 e. The Morgan fingerprint density at radius 2 is 1.79 bits per heavy atom. The van der Waals surface area contributed by atoms with Gasteiger partial charge in [-0.25, -0.2) is 13.7 Å². The van der Waals surface area contributed by atoms with Crippen LogP contribution in [-0.4, -0.2) is 22.0 Å².